The molecule has 0 aliphatic carbocycles. The van der Waals surface area contributed by atoms with E-state index in [1.807, 2.05) is 0 Å². The quantitative estimate of drug-likeness (QED) is 0.864. The summed E-state index contributed by atoms with van der Waals surface area (Å²) in [5, 5.41) is 12.5. The van der Waals surface area contributed by atoms with Crippen LogP contribution >= 0.6 is 0 Å². The number of nitrogens with one attached hydrogen (secondary N) is 1. The van der Waals surface area contributed by atoms with Gasteiger partial charge < -0.3 is 9.88 Å². The second-order valence-electron chi connectivity index (χ2n) is 6.16. The normalized spacial score (nSPS) is 24.6. The minimum absolute atomic E-state index is 0.444. The van der Waals surface area contributed by atoms with Crippen molar-refractivity contribution in [1.82, 2.24) is 14.8 Å². The van der Waals surface area contributed by atoms with Gasteiger partial charge in [-0.3, -0.25) is 0 Å². The van der Waals surface area contributed by atoms with Crippen molar-refractivity contribution in [3.05, 3.63) is 41.5 Å². The third kappa shape index (κ3) is 1.90. The van der Waals surface area contributed by atoms with Crippen molar-refractivity contribution >= 4 is 5.69 Å². The summed E-state index contributed by atoms with van der Waals surface area (Å²) in [4.78, 5) is 0. The molecule has 0 bridgehead atoms. The van der Waals surface area contributed by atoms with E-state index in [1.165, 1.54) is 29.3 Å². The highest BCUT2D eigenvalue weighted by Gasteiger charge is 2.27. The first kappa shape index (κ1) is 11.9. The number of para-hydroxylation sites is 1. The molecule has 20 heavy (non-hydrogen) atoms. The summed E-state index contributed by atoms with van der Waals surface area (Å²) < 4.78 is 2.36. The number of nitrogens with zero attached hydrogens (tertiary/aromatic N) is 3. The molecule has 1 aromatic heterocycles. The van der Waals surface area contributed by atoms with E-state index in [9.17, 15) is 0 Å². The molecule has 2 aromatic rings. The van der Waals surface area contributed by atoms with Crippen molar-refractivity contribution in [3.63, 3.8) is 0 Å². The first-order valence-corrected chi connectivity index (χ1v) is 7.55. The number of anilines is 1. The van der Waals surface area contributed by atoms with Crippen LogP contribution in [0.25, 0.3) is 0 Å². The molecule has 0 amide bonds. The van der Waals surface area contributed by atoms with Crippen molar-refractivity contribution in [2.24, 2.45) is 5.92 Å². The molecule has 4 rings (SSSR count). The molecule has 4 heteroatoms. The van der Waals surface area contributed by atoms with E-state index in [2.05, 4.69) is 51.3 Å². The highest BCUT2D eigenvalue weighted by Crippen LogP contribution is 2.31. The summed E-state index contributed by atoms with van der Waals surface area (Å²) in [7, 11) is 0. The van der Waals surface area contributed by atoms with Gasteiger partial charge in [-0.05, 0) is 30.4 Å². The Bertz CT molecular complexity index is 631. The van der Waals surface area contributed by atoms with Crippen LogP contribution in [0.15, 0.2) is 24.3 Å². The lowest BCUT2D eigenvalue weighted by molar-refractivity contribution is 0.396. The molecule has 2 atom stereocenters. The molecular weight excluding hydrogens is 248 g/mol. The molecule has 0 saturated carbocycles. The van der Waals surface area contributed by atoms with Crippen molar-refractivity contribution in [3.8, 4) is 0 Å². The fourth-order valence-electron chi connectivity index (χ4n) is 3.43. The van der Waals surface area contributed by atoms with Crippen LogP contribution in [0.4, 0.5) is 5.69 Å². The van der Waals surface area contributed by atoms with Crippen molar-refractivity contribution < 1.29 is 0 Å². The summed E-state index contributed by atoms with van der Waals surface area (Å²) in [5.74, 6) is 3.54. The molecule has 0 spiro atoms. The second-order valence-corrected chi connectivity index (χ2v) is 6.16. The summed E-state index contributed by atoms with van der Waals surface area (Å²) in [6, 6.07) is 8.58. The van der Waals surface area contributed by atoms with Gasteiger partial charge in [-0.25, -0.2) is 0 Å². The summed E-state index contributed by atoms with van der Waals surface area (Å²) in [6.07, 6.45) is 3.38. The molecular formula is C16H20N4. The smallest absolute Gasteiger partial charge is 0.138 e. The maximum atomic E-state index is 4.50. The number of fused-ring (bicyclic) bond motifs is 2. The number of hydrogen-bond donors (Lipinski definition) is 1. The Kier molecular flexibility index (Phi) is 2.76. The molecule has 2 unspecified atom stereocenters. The minimum atomic E-state index is 0.444. The van der Waals surface area contributed by atoms with E-state index in [-0.39, 0.29) is 0 Å². The number of aromatic nitrogens is 3. The van der Waals surface area contributed by atoms with E-state index < -0.39 is 0 Å². The van der Waals surface area contributed by atoms with Gasteiger partial charge in [-0.15, -0.1) is 10.2 Å². The van der Waals surface area contributed by atoms with Crippen molar-refractivity contribution in [2.75, 3.05) is 11.9 Å². The SMILES string of the molecule is CC1CCn2c(nnc2C2CNc3ccccc3C2)C1. The Labute approximate surface area is 119 Å². The van der Waals surface area contributed by atoms with Crippen LogP contribution in [0.3, 0.4) is 0 Å². The molecule has 2 aliphatic heterocycles. The molecule has 0 fully saturated rings. The standard InChI is InChI=1S/C16H20N4/c1-11-6-7-20-15(8-11)18-19-16(20)13-9-12-4-2-3-5-14(12)17-10-13/h2-5,11,13,17H,6-10H2,1H3. The summed E-state index contributed by atoms with van der Waals surface area (Å²) in [5.41, 5.74) is 2.67. The highest BCUT2D eigenvalue weighted by atomic mass is 15.3. The lowest BCUT2D eigenvalue weighted by Crippen LogP contribution is -2.26. The largest absolute Gasteiger partial charge is 0.384 e. The molecule has 2 aliphatic rings. The van der Waals surface area contributed by atoms with Crippen LogP contribution in [-0.2, 0) is 19.4 Å². The molecule has 3 heterocycles. The Morgan fingerprint density at radius 2 is 2.10 bits per heavy atom. The highest BCUT2D eigenvalue weighted by molar-refractivity contribution is 5.54. The topological polar surface area (TPSA) is 42.7 Å². The van der Waals surface area contributed by atoms with Gasteiger partial charge >= 0.3 is 0 Å². The van der Waals surface area contributed by atoms with Gasteiger partial charge in [0.15, 0.2) is 0 Å². The fraction of sp³-hybridized carbons (Fsp3) is 0.500. The van der Waals surface area contributed by atoms with Crippen LogP contribution < -0.4 is 5.32 Å². The Morgan fingerprint density at radius 3 is 3.05 bits per heavy atom. The predicted molar refractivity (Wildman–Crippen MR) is 78.9 cm³/mol. The zero-order valence-corrected chi connectivity index (χ0v) is 11.8. The van der Waals surface area contributed by atoms with Crippen LogP contribution in [-0.4, -0.2) is 21.3 Å². The third-order valence-corrected chi connectivity index (χ3v) is 4.62. The van der Waals surface area contributed by atoms with E-state index in [0.717, 1.165) is 31.8 Å². The van der Waals surface area contributed by atoms with Crippen LogP contribution in [0, 0.1) is 5.92 Å². The number of hydrogen-bond acceptors (Lipinski definition) is 3. The maximum absolute atomic E-state index is 4.50. The molecule has 0 saturated heterocycles. The lowest BCUT2D eigenvalue weighted by atomic mass is 9.92. The first-order chi connectivity index (χ1) is 9.81. The zero-order valence-electron chi connectivity index (χ0n) is 11.8. The van der Waals surface area contributed by atoms with E-state index in [4.69, 9.17) is 0 Å². The predicted octanol–water partition coefficient (Wildman–Crippen LogP) is 2.61. The molecule has 104 valence electrons. The van der Waals surface area contributed by atoms with Gasteiger partial charge in [-0.2, -0.15) is 0 Å². The van der Waals surface area contributed by atoms with Gasteiger partial charge in [0.25, 0.3) is 0 Å². The van der Waals surface area contributed by atoms with Gasteiger partial charge in [0.05, 0.1) is 0 Å². The van der Waals surface area contributed by atoms with Crippen molar-refractivity contribution in [2.45, 2.75) is 38.6 Å². The van der Waals surface area contributed by atoms with Gasteiger partial charge in [0.2, 0.25) is 0 Å². The average Bonchev–Trinajstić information content (AvgIpc) is 2.89. The van der Waals surface area contributed by atoms with E-state index >= 15 is 0 Å². The van der Waals surface area contributed by atoms with Crippen LogP contribution in [0.5, 0.6) is 0 Å². The Balaban J connectivity index is 1.64. The maximum Gasteiger partial charge on any atom is 0.138 e. The Hall–Kier alpha value is -1.84. The summed E-state index contributed by atoms with van der Waals surface area (Å²) >= 11 is 0. The van der Waals surface area contributed by atoms with E-state index in [1.54, 1.807) is 0 Å². The fourth-order valence-corrected chi connectivity index (χ4v) is 3.43. The first-order valence-electron chi connectivity index (χ1n) is 7.55. The number of rotatable bonds is 1. The molecule has 4 nitrogen and oxygen atoms in total. The van der Waals surface area contributed by atoms with E-state index in [0.29, 0.717) is 5.92 Å². The van der Waals surface area contributed by atoms with Gasteiger partial charge in [0, 0.05) is 31.1 Å². The lowest BCUT2D eigenvalue weighted by Gasteiger charge is -2.27. The summed E-state index contributed by atoms with van der Waals surface area (Å²) in [6.45, 7) is 4.35. The average molecular weight is 268 g/mol. The van der Waals surface area contributed by atoms with Crippen LogP contribution in [0.2, 0.25) is 0 Å². The zero-order chi connectivity index (χ0) is 13.5. The van der Waals surface area contributed by atoms with Crippen LogP contribution in [0.1, 0.15) is 36.5 Å². The minimum Gasteiger partial charge on any atom is -0.384 e. The van der Waals surface area contributed by atoms with Crippen molar-refractivity contribution in [1.29, 1.82) is 0 Å². The second kappa shape index (κ2) is 4.62. The van der Waals surface area contributed by atoms with Gasteiger partial charge in [0.1, 0.15) is 11.6 Å². The Morgan fingerprint density at radius 1 is 1.20 bits per heavy atom. The molecule has 0 radical (unpaired) electrons. The number of benzene rings is 1. The molecule has 1 aromatic carbocycles. The van der Waals surface area contributed by atoms with Gasteiger partial charge in [-0.1, -0.05) is 25.1 Å². The third-order valence-electron chi connectivity index (χ3n) is 4.62. The molecule has 1 N–H and O–H groups in total. The monoisotopic (exact) mass is 268 g/mol.